The Kier molecular flexibility index (Phi) is 2.50. The highest BCUT2D eigenvalue weighted by Crippen LogP contribution is 2.28. The zero-order valence-electron chi connectivity index (χ0n) is 8.97. The highest BCUT2D eigenvalue weighted by Gasteiger charge is 2.04. The van der Waals surface area contributed by atoms with E-state index >= 15 is 0 Å². The Balaban J connectivity index is 2.30. The first kappa shape index (κ1) is 10.2. The maximum absolute atomic E-state index is 5.96. The zero-order chi connectivity index (χ0) is 11.7. The lowest BCUT2D eigenvalue weighted by molar-refractivity contribution is 1.31. The van der Waals surface area contributed by atoms with Crippen molar-refractivity contribution < 1.29 is 0 Å². The molecule has 2 aromatic heterocycles. The van der Waals surface area contributed by atoms with Crippen LogP contribution in [0.3, 0.4) is 0 Å². The van der Waals surface area contributed by atoms with E-state index in [1.165, 1.54) is 0 Å². The van der Waals surface area contributed by atoms with E-state index in [2.05, 4.69) is 16.0 Å². The molecule has 2 nitrogen and oxygen atoms in total. The number of halogens is 1. The molecule has 3 rings (SSSR count). The molecule has 1 aromatic carbocycles. The number of pyridine rings is 2. The van der Waals surface area contributed by atoms with Crippen LogP contribution >= 0.6 is 11.6 Å². The standard InChI is InChI=1S/C14H9ClN2/c15-12-5-11(7-16-8-12)14-9-17-6-10-3-1-2-4-13(10)14/h1-9H. The summed E-state index contributed by atoms with van der Waals surface area (Å²) >= 11 is 5.96. The average Bonchev–Trinajstić information content (AvgIpc) is 2.38. The number of fused-ring (bicyclic) bond motifs is 1. The van der Waals surface area contributed by atoms with Gasteiger partial charge in [-0.25, -0.2) is 0 Å². The fourth-order valence-corrected chi connectivity index (χ4v) is 2.08. The third kappa shape index (κ3) is 1.87. The molecule has 0 fully saturated rings. The molecule has 0 bridgehead atoms. The van der Waals surface area contributed by atoms with Crippen LogP contribution in [-0.2, 0) is 0 Å². The van der Waals surface area contributed by atoms with Gasteiger partial charge in [0.25, 0.3) is 0 Å². The minimum atomic E-state index is 0.635. The number of aromatic nitrogens is 2. The van der Waals surface area contributed by atoms with Gasteiger partial charge in [-0.1, -0.05) is 35.9 Å². The van der Waals surface area contributed by atoms with E-state index in [4.69, 9.17) is 11.6 Å². The predicted octanol–water partition coefficient (Wildman–Crippen LogP) is 3.95. The summed E-state index contributed by atoms with van der Waals surface area (Å²) in [6.07, 6.45) is 7.13. The molecule has 2 heterocycles. The summed E-state index contributed by atoms with van der Waals surface area (Å²) < 4.78 is 0. The van der Waals surface area contributed by atoms with Crippen LogP contribution in [0.15, 0.2) is 55.1 Å². The molecule has 82 valence electrons. The lowest BCUT2D eigenvalue weighted by Gasteiger charge is -2.05. The molecular weight excluding hydrogens is 232 g/mol. The molecule has 3 heteroatoms. The summed E-state index contributed by atoms with van der Waals surface area (Å²) in [6, 6.07) is 10.0. The molecule has 0 unspecified atom stereocenters. The Labute approximate surface area is 104 Å². The summed E-state index contributed by atoms with van der Waals surface area (Å²) in [5.41, 5.74) is 2.04. The molecule has 17 heavy (non-hydrogen) atoms. The Morgan fingerprint density at radius 3 is 2.59 bits per heavy atom. The van der Waals surface area contributed by atoms with Crippen LogP contribution in [-0.4, -0.2) is 9.97 Å². The molecular formula is C14H9ClN2. The van der Waals surface area contributed by atoms with Crippen LogP contribution in [0.25, 0.3) is 21.9 Å². The topological polar surface area (TPSA) is 25.8 Å². The summed E-state index contributed by atoms with van der Waals surface area (Å²) in [5.74, 6) is 0. The van der Waals surface area contributed by atoms with Gasteiger partial charge in [0.1, 0.15) is 0 Å². The molecule has 0 N–H and O–H groups in total. The summed E-state index contributed by atoms with van der Waals surface area (Å²) in [6.45, 7) is 0. The largest absolute Gasteiger partial charge is 0.263 e. The fourth-order valence-electron chi connectivity index (χ4n) is 1.91. The van der Waals surface area contributed by atoms with Crippen molar-refractivity contribution in [1.82, 2.24) is 9.97 Å². The van der Waals surface area contributed by atoms with Crippen molar-refractivity contribution in [3.8, 4) is 11.1 Å². The molecule has 0 saturated carbocycles. The Hall–Kier alpha value is -1.93. The van der Waals surface area contributed by atoms with Gasteiger partial charge in [0.2, 0.25) is 0 Å². The second-order valence-corrected chi connectivity index (χ2v) is 4.24. The summed E-state index contributed by atoms with van der Waals surface area (Å²) in [5, 5.41) is 2.91. The molecule has 0 radical (unpaired) electrons. The highest BCUT2D eigenvalue weighted by molar-refractivity contribution is 6.30. The number of rotatable bonds is 1. The molecule has 0 amide bonds. The zero-order valence-corrected chi connectivity index (χ0v) is 9.72. The van der Waals surface area contributed by atoms with Gasteiger partial charge in [0.15, 0.2) is 0 Å². The van der Waals surface area contributed by atoms with Crippen LogP contribution in [0, 0.1) is 0 Å². The van der Waals surface area contributed by atoms with Crippen LogP contribution in [0.4, 0.5) is 0 Å². The Morgan fingerprint density at radius 1 is 0.882 bits per heavy atom. The SMILES string of the molecule is Clc1cncc(-c2cncc3ccccc23)c1. The van der Waals surface area contributed by atoms with Crippen molar-refractivity contribution >= 4 is 22.4 Å². The number of benzene rings is 1. The van der Waals surface area contributed by atoms with Crippen molar-refractivity contribution in [1.29, 1.82) is 0 Å². The summed E-state index contributed by atoms with van der Waals surface area (Å²) in [4.78, 5) is 8.36. The van der Waals surface area contributed by atoms with E-state index in [9.17, 15) is 0 Å². The minimum absolute atomic E-state index is 0.635. The van der Waals surface area contributed by atoms with Crippen LogP contribution < -0.4 is 0 Å². The second kappa shape index (κ2) is 4.15. The molecule has 0 aliphatic rings. The van der Waals surface area contributed by atoms with Gasteiger partial charge < -0.3 is 0 Å². The second-order valence-electron chi connectivity index (χ2n) is 3.80. The van der Waals surface area contributed by atoms with Gasteiger partial charge >= 0.3 is 0 Å². The van der Waals surface area contributed by atoms with Crippen LogP contribution in [0.2, 0.25) is 5.02 Å². The first-order chi connectivity index (χ1) is 8.34. The van der Waals surface area contributed by atoms with E-state index in [0.29, 0.717) is 5.02 Å². The van der Waals surface area contributed by atoms with Gasteiger partial charge in [-0.15, -0.1) is 0 Å². The number of hydrogen-bond acceptors (Lipinski definition) is 2. The van der Waals surface area contributed by atoms with Gasteiger partial charge in [0.05, 0.1) is 5.02 Å². The summed E-state index contributed by atoms with van der Waals surface area (Å²) in [7, 11) is 0. The molecule has 0 atom stereocenters. The number of hydrogen-bond donors (Lipinski definition) is 0. The predicted molar refractivity (Wildman–Crippen MR) is 70.0 cm³/mol. The monoisotopic (exact) mass is 240 g/mol. The van der Waals surface area contributed by atoms with Crippen molar-refractivity contribution in [3.05, 3.63) is 60.1 Å². The quantitative estimate of drug-likeness (QED) is 0.644. The molecule has 3 aromatic rings. The van der Waals surface area contributed by atoms with Crippen molar-refractivity contribution in [3.63, 3.8) is 0 Å². The van der Waals surface area contributed by atoms with Crippen molar-refractivity contribution in [2.24, 2.45) is 0 Å². The van der Waals surface area contributed by atoms with Gasteiger partial charge in [-0.05, 0) is 11.5 Å². The average molecular weight is 241 g/mol. The molecule has 0 saturated heterocycles. The van der Waals surface area contributed by atoms with E-state index in [0.717, 1.165) is 21.9 Å². The van der Waals surface area contributed by atoms with Crippen LogP contribution in [0.5, 0.6) is 0 Å². The maximum atomic E-state index is 5.96. The van der Waals surface area contributed by atoms with E-state index < -0.39 is 0 Å². The Bertz CT molecular complexity index is 674. The minimum Gasteiger partial charge on any atom is -0.263 e. The van der Waals surface area contributed by atoms with Crippen molar-refractivity contribution in [2.45, 2.75) is 0 Å². The Morgan fingerprint density at radius 2 is 1.71 bits per heavy atom. The van der Waals surface area contributed by atoms with Gasteiger partial charge in [-0.2, -0.15) is 0 Å². The lowest BCUT2D eigenvalue weighted by Crippen LogP contribution is -1.84. The lowest BCUT2D eigenvalue weighted by atomic mass is 10.0. The molecule has 0 aliphatic heterocycles. The van der Waals surface area contributed by atoms with Crippen molar-refractivity contribution in [2.75, 3.05) is 0 Å². The third-order valence-electron chi connectivity index (χ3n) is 2.68. The number of nitrogens with zero attached hydrogens (tertiary/aromatic N) is 2. The highest BCUT2D eigenvalue weighted by atomic mass is 35.5. The maximum Gasteiger partial charge on any atom is 0.0595 e. The van der Waals surface area contributed by atoms with Gasteiger partial charge in [0, 0.05) is 41.3 Å². The fraction of sp³-hybridized carbons (Fsp3) is 0. The molecule has 0 spiro atoms. The van der Waals surface area contributed by atoms with E-state index in [1.54, 1.807) is 12.4 Å². The molecule has 0 aliphatic carbocycles. The van der Waals surface area contributed by atoms with E-state index in [1.807, 2.05) is 36.7 Å². The van der Waals surface area contributed by atoms with Gasteiger partial charge in [-0.3, -0.25) is 9.97 Å². The van der Waals surface area contributed by atoms with E-state index in [-0.39, 0.29) is 0 Å². The first-order valence-corrected chi connectivity index (χ1v) is 5.66. The third-order valence-corrected chi connectivity index (χ3v) is 2.89. The smallest absolute Gasteiger partial charge is 0.0595 e. The normalized spacial score (nSPS) is 10.6. The first-order valence-electron chi connectivity index (χ1n) is 5.28. The van der Waals surface area contributed by atoms with Crippen LogP contribution in [0.1, 0.15) is 0 Å².